The van der Waals surface area contributed by atoms with Crippen LogP contribution in [0.5, 0.6) is 0 Å². The number of rotatable bonds is 4. The highest BCUT2D eigenvalue weighted by atomic mass is 35.5. The molecule has 1 saturated heterocycles. The fraction of sp³-hybridized carbons (Fsp3) is 0.600. The summed E-state index contributed by atoms with van der Waals surface area (Å²) in [6, 6.07) is 11.3. The van der Waals surface area contributed by atoms with Crippen LogP contribution in [0, 0.1) is 5.92 Å². The molecule has 1 aliphatic heterocycles. The molecule has 3 heteroatoms. The number of nitrogens with zero attached hydrogens (tertiary/aromatic N) is 1. The Balaban J connectivity index is 0.00000162. The summed E-state index contributed by atoms with van der Waals surface area (Å²) in [5.41, 5.74) is 7.34. The molecule has 0 bridgehead atoms. The zero-order valence-corrected chi connectivity index (χ0v) is 12.0. The summed E-state index contributed by atoms with van der Waals surface area (Å²) in [6.45, 7) is 5.51. The highest BCUT2D eigenvalue weighted by Crippen LogP contribution is 2.22. The third-order valence-corrected chi connectivity index (χ3v) is 4.00. The first-order valence-corrected chi connectivity index (χ1v) is 6.79. The highest BCUT2D eigenvalue weighted by molar-refractivity contribution is 5.85. The number of hydrogen-bond acceptors (Lipinski definition) is 2. The van der Waals surface area contributed by atoms with Crippen molar-refractivity contribution in [3.8, 4) is 0 Å². The average Bonchev–Trinajstić information content (AvgIpc) is 2.37. The van der Waals surface area contributed by atoms with Gasteiger partial charge in [0.15, 0.2) is 0 Å². The van der Waals surface area contributed by atoms with E-state index in [0.29, 0.717) is 6.04 Å². The number of likely N-dealkylation sites (tertiary alicyclic amines) is 1. The van der Waals surface area contributed by atoms with Crippen molar-refractivity contribution in [1.82, 2.24) is 4.90 Å². The standard InChI is InChI=1S/C15H24N2.ClH/c1-13-6-5-10-17(15(13)12-16)11-9-14-7-3-2-4-8-14;/h2-4,7-8,13,15H,5-6,9-12,16H2,1H3;1H. The molecule has 0 amide bonds. The van der Waals surface area contributed by atoms with Crippen molar-refractivity contribution in [3.05, 3.63) is 35.9 Å². The maximum atomic E-state index is 5.91. The van der Waals surface area contributed by atoms with Crippen LogP contribution in [0.4, 0.5) is 0 Å². The predicted molar refractivity (Wildman–Crippen MR) is 80.2 cm³/mol. The van der Waals surface area contributed by atoms with Gasteiger partial charge in [-0.2, -0.15) is 0 Å². The molecule has 0 aromatic heterocycles. The summed E-state index contributed by atoms with van der Waals surface area (Å²) in [4.78, 5) is 2.58. The van der Waals surface area contributed by atoms with E-state index in [9.17, 15) is 0 Å². The van der Waals surface area contributed by atoms with E-state index in [2.05, 4.69) is 42.2 Å². The van der Waals surface area contributed by atoms with Crippen molar-refractivity contribution < 1.29 is 0 Å². The second-order valence-corrected chi connectivity index (χ2v) is 5.19. The van der Waals surface area contributed by atoms with Crippen LogP contribution < -0.4 is 5.73 Å². The predicted octanol–water partition coefficient (Wildman–Crippen LogP) is 2.71. The molecule has 0 spiro atoms. The smallest absolute Gasteiger partial charge is 0.0244 e. The molecule has 1 aliphatic rings. The quantitative estimate of drug-likeness (QED) is 0.910. The summed E-state index contributed by atoms with van der Waals surface area (Å²) < 4.78 is 0. The first-order chi connectivity index (χ1) is 8.31. The van der Waals surface area contributed by atoms with Crippen LogP contribution in [-0.2, 0) is 6.42 Å². The van der Waals surface area contributed by atoms with Gasteiger partial charge in [0.1, 0.15) is 0 Å². The van der Waals surface area contributed by atoms with E-state index in [1.54, 1.807) is 0 Å². The number of nitrogens with two attached hydrogens (primary N) is 1. The van der Waals surface area contributed by atoms with Gasteiger partial charge in [-0.05, 0) is 37.3 Å². The molecule has 18 heavy (non-hydrogen) atoms. The van der Waals surface area contributed by atoms with E-state index in [0.717, 1.165) is 25.4 Å². The van der Waals surface area contributed by atoms with Crippen LogP contribution >= 0.6 is 12.4 Å². The first kappa shape index (κ1) is 15.5. The Morgan fingerprint density at radius 2 is 2.00 bits per heavy atom. The van der Waals surface area contributed by atoms with Gasteiger partial charge < -0.3 is 5.73 Å². The summed E-state index contributed by atoms with van der Waals surface area (Å²) in [5.74, 6) is 0.754. The molecule has 0 aliphatic carbocycles. The Hall–Kier alpha value is -0.570. The van der Waals surface area contributed by atoms with Crippen molar-refractivity contribution in [2.75, 3.05) is 19.6 Å². The molecule has 2 atom stereocenters. The van der Waals surface area contributed by atoms with Gasteiger partial charge in [0.2, 0.25) is 0 Å². The lowest BCUT2D eigenvalue weighted by Gasteiger charge is -2.39. The topological polar surface area (TPSA) is 29.3 Å². The van der Waals surface area contributed by atoms with Gasteiger partial charge in [0.05, 0.1) is 0 Å². The van der Waals surface area contributed by atoms with E-state index in [1.807, 2.05) is 0 Å². The van der Waals surface area contributed by atoms with Crippen molar-refractivity contribution >= 4 is 12.4 Å². The summed E-state index contributed by atoms with van der Waals surface area (Å²) in [6.07, 6.45) is 3.81. The minimum Gasteiger partial charge on any atom is -0.329 e. The molecule has 0 radical (unpaired) electrons. The van der Waals surface area contributed by atoms with Crippen molar-refractivity contribution in [1.29, 1.82) is 0 Å². The maximum Gasteiger partial charge on any atom is 0.0244 e. The molecule has 1 aromatic carbocycles. The summed E-state index contributed by atoms with van der Waals surface area (Å²) in [7, 11) is 0. The molecule has 2 unspecified atom stereocenters. The average molecular weight is 269 g/mol. The lowest BCUT2D eigenvalue weighted by atomic mass is 9.90. The molecule has 0 saturated carbocycles. The van der Waals surface area contributed by atoms with Crippen LogP contribution in [0.3, 0.4) is 0 Å². The fourth-order valence-corrected chi connectivity index (χ4v) is 2.91. The minimum absolute atomic E-state index is 0. The Bertz CT molecular complexity index is 329. The van der Waals surface area contributed by atoms with Crippen LogP contribution in [-0.4, -0.2) is 30.6 Å². The minimum atomic E-state index is 0. The Morgan fingerprint density at radius 1 is 1.28 bits per heavy atom. The van der Waals surface area contributed by atoms with Crippen LogP contribution in [0.15, 0.2) is 30.3 Å². The molecule has 1 fully saturated rings. The third-order valence-electron chi connectivity index (χ3n) is 4.00. The zero-order valence-electron chi connectivity index (χ0n) is 11.2. The van der Waals surface area contributed by atoms with Crippen LogP contribution in [0.2, 0.25) is 0 Å². The normalized spacial score (nSPS) is 24.6. The molecule has 1 aromatic rings. The molecular weight excluding hydrogens is 244 g/mol. The van der Waals surface area contributed by atoms with E-state index in [4.69, 9.17) is 5.73 Å². The van der Waals surface area contributed by atoms with Gasteiger partial charge in [-0.1, -0.05) is 37.3 Å². The fourth-order valence-electron chi connectivity index (χ4n) is 2.91. The monoisotopic (exact) mass is 268 g/mol. The Morgan fingerprint density at radius 3 is 2.67 bits per heavy atom. The molecule has 2 N–H and O–H groups in total. The number of halogens is 1. The SMILES string of the molecule is CC1CCCN(CCc2ccccc2)C1CN.Cl. The molecule has 1 heterocycles. The lowest BCUT2D eigenvalue weighted by Crippen LogP contribution is -2.49. The molecule has 102 valence electrons. The second kappa shape index (κ2) is 7.78. The van der Waals surface area contributed by atoms with E-state index in [1.165, 1.54) is 24.9 Å². The maximum absolute atomic E-state index is 5.91. The van der Waals surface area contributed by atoms with E-state index >= 15 is 0 Å². The first-order valence-electron chi connectivity index (χ1n) is 6.79. The van der Waals surface area contributed by atoms with Crippen molar-refractivity contribution in [2.45, 2.75) is 32.2 Å². The molecular formula is C15H25ClN2. The summed E-state index contributed by atoms with van der Waals surface area (Å²) >= 11 is 0. The Kier molecular flexibility index (Phi) is 6.69. The molecule has 2 nitrogen and oxygen atoms in total. The van der Waals surface area contributed by atoms with E-state index < -0.39 is 0 Å². The lowest BCUT2D eigenvalue weighted by molar-refractivity contribution is 0.108. The van der Waals surface area contributed by atoms with Gasteiger partial charge in [0, 0.05) is 19.1 Å². The summed E-state index contributed by atoms with van der Waals surface area (Å²) in [5, 5.41) is 0. The van der Waals surface area contributed by atoms with Crippen molar-refractivity contribution in [3.63, 3.8) is 0 Å². The van der Waals surface area contributed by atoms with Gasteiger partial charge in [-0.15, -0.1) is 12.4 Å². The zero-order chi connectivity index (χ0) is 12.1. The largest absolute Gasteiger partial charge is 0.329 e. The van der Waals surface area contributed by atoms with Crippen LogP contribution in [0.25, 0.3) is 0 Å². The number of piperidine rings is 1. The molecule has 2 rings (SSSR count). The van der Waals surface area contributed by atoms with Gasteiger partial charge in [0.25, 0.3) is 0 Å². The number of hydrogen-bond donors (Lipinski definition) is 1. The highest BCUT2D eigenvalue weighted by Gasteiger charge is 2.26. The third kappa shape index (κ3) is 3.98. The van der Waals surface area contributed by atoms with Gasteiger partial charge in [-0.3, -0.25) is 4.90 Å². The number of benzene rings is 1. The van der Waals surface area contributed by atoms with Crippen LogP contribution in [0.1, 0.15) is 25.3 Å². The van der Waals surface area contributed by atoms with Gasteiger partial charge in [-0.25, -0.2) is 0 Å². The van der Waals surface area contributed by atoms with Gasteiger partial charge >= 0.3 is 0 Å². The van der Waals surface area contributed by atoms with E-state index in [-0.39, 0.29) is 12.4 Å². The second-order valence-electron chi connectivity index (χ2n) is 5.19. The van der Waals surface area contributed by atoms with Crippen molar-refractivity contribution in [2.24, 2.45) is 11.7 Å². The Labute approximate surface area is 117 Å².